The minimum Gasteiger partial charge on any atom is -0.481 e. The number of hydrogen-bond acceptors (Lipinski definition) is 4. The largest absolute Gasteiger partial charge is 0.481 e. The molecule has 1 unspecified atom stereocenters. The first-order valence-corrected chi connectivity index (χ1v) is 14.4. The molecule has 1 fully saturated rings. The van der Waals surface area contributed by atoms with Gasteiger partial charge < -0.3 is 15.7 Å². The number of primary amides is 1. The van der Waals surface area contributed by atoms with E-state index in [1.165, 1.54) is 19.3 Å². The fourth-order valence-corrected chi connectivity index (χ4v) is 6.53. The summed E-state index contributed by atoms with van der Waals surface area (Å²) in [5, 5.41) is 18.8. The maximum absolute atomic E-state index is 12.7. The Morgan fingerprint density at radius 3 is 2.48 bits per heavy atom. The molecule has 3 aromatic rings. The molecule has 0 radical (unpaired) electrons. The minimum atomic E-state index is -1.11. The molecule has 2 amide bonds. The van der Waals surface area contributed by atoms with Gasteiger partial charge in [0.1, 0.15) is 5.52 Å². The Kier molecular flexibility index (Phi) is 8.29. The van der Waals surface area contributed by atoms with Crippen molar-refractivity contribution in [2.75, 3.05) is 6.54 Å². The van der Waals surface area contributed by atoms with E-state index in [4.69, 9.17) is 5.73 Å². The molecule has 1 aromatic heterocycles. The summed E-state index contributed by atoms with van der Waals surface area (Å²) in [5.41, 5.74) is 11.3. The number of aromatic nitrogens is 3. The molecule has 8 nitrogen and oxygen atoms in total. The van der Waals surface area contributed by atoms with Crippen molar-refractivity contribution in [1.82, 2.24) is 19.9 Å². The van der Waals surface area contributed by atoms with Gasteiger partial charge in [0.15, 0.2) is 0 Å². The average molecular weight is 548 g/mol. The van der Waals surface area contributed by atoms with E-state index in [0.29, 0.717) is 13.1 Å². The summed E-state index contributed by atoms with van der Waals surface area (Å²) in [4.78, 5) is 27.0. The number of hydrogen-bond donors (Lipinski definition) is 2. The van der Waals surface area contributed by atoms with Crippen LogP contribution in [0.4, 0.5) is 4.79 Å². The van der Waals surface area contributed by atoms with Crippen molar-refractivity contribution in [1.29, 1.82) is 0 Å². The van der Waals surface area contributed by atoms with Gasteiger partial charge in [0.2, 0.25) is 0 Å². The predicted octanol–water partition coefficient (Wildman–Crippen LogP) is 6.32. The number of carbonyl (C=O) groups is 2. The van der Waals surface area contributed by atoms with Gasteiger partial charge in [0.25, 0.3) is 0 Å². The van der Waals surface area contributed by atoms with Gasteiger partial charge in [-0.2, -0.15) is 0 Å². The van der Waals surface area contributed by atoms with Crippen molar-refractivity contribution in [2.45, 2.75) is 86.1 Å². The fourth-order valence-electron chi connectivity index (χ4n) is 6.53. The normalized spacial score (nSPS) is 20.4. The molecule has 4 rings (SSSR count). The molecule has 3 N–H and O–H groups in total. The van der Waals surface area contributed by atoms with Crippen LogP contribution in [0.1, 0.15) is 93.5 Å². The SMILES string of the molecule is CCC1CCC(C)(CN(Cc2cc(C(c3ccc4c(nnn4C)c3C)C(C)(C)C(=O)O)ccc2C)C(N)=O)CC1. The number of benzene rings is 2. The number of nitrogens with zero attached hydrogens (tertiary/aromatic N) is 4. The van der Waals surface area contributed by atoms with Crippen molar-refractivity contribution < 1.29 is 14.7 Å². The van der Waals surface area contributed by atoms with E-state index >= 15 is 0 Å². The highest BCUT2D eigenvalue weighted by molar-refractivity contribution is 5.82. The Morgan fingerprint density at radius 1 is 1.20 bits per heavy atom. The zero-order valence-electron chi connectivity index (χ0n) is 25.1. The zero-order chi connectivity index (χ0) is 29.4. The predicted molar refractivity (Wildman–Crippen MR) is 158 cm³/mol. The number of rotatable bonds is 9. The quantitative estimate of drug-likeness (QED) is 0.326. The van der Waals surface area contributed by atoms with E-state index < -0.39 is 23.3 Å². The summed E-state index contributed by atoms with van der Waals surface area (Å²) in [7, 11) is 1.85. The van der Waals surface area contributed by atoms with Crippen molar-refractivity contribution in [2.24, 2.45) is 29.5 Å². The molecule has 0 aliphatic heterocycles. The maximum Gasteiger partial charge on any atom is 0.315 e. The number of nitrogens with two attached hydrogens (primary N) is 1. The fraction of sp³-hybridized carbons (Fsp3) is 0.562. The highest BCUT2D eigenvalue weighted by atomic mass is 16.4. The second kappa shape index (κ2) is 11.2. The number of carboxylic acids is 1. The molecule has 1 heterocycles. The van der Waals surface area contributed by atoms with Gasteiger partial charge in [-0.05, 0) is 98.6 Å². The summed E-state index contributed by atoms with van der Waals surface area (Å²) < 4.78 is 1.72. The zero-order valence-corrected chi connectivity index (χ0v) is 25.1. The van der Waals surface area contributed by atoms with Crippen molar-refractivity contribution in [3.63, 3.8) is 0 Å². The molecule has 1 aliphatic rings. The van der Waals surface area contributed by atoms with Gasteiger partial charge >= 0.3 is 12.0 Å². The van der Waals surface area contributed by atoms with Gasteiger partial charge in [0.05, 0.1) is 10.9 Å². The summed E-state index contributed by atoms with van der Waals surface area (Å²) in [6, 6.07) is 9.64. The van der Waals surface area contributed by atoms with E-state index in [0.717, 1.165) is 57.6 Å². The molecule has 0 bridgehead atoms. The van der Waals surface area contributed by atoms with Crippen LogP contribution in [0.25, 0.3) is 11.0 Å². The third kappa shape index (κ3) is 5.72. The van der Waals surface area contributed by atoms with Crippen LogP contribution < -0.4 is 5.73 Å². The third-order valence-electron chi connectivity index (χ3n) is 9.50. The molecule has 40 heavy (non-hydrogen) atoms. The lowest BCUT2D eigenvalue weighted by Crippen LogP contribution is -2.44. The number of carbonyl (C=O) groups excluding carboxylic acids is 1. The molecule has 8 heteroatoms. The molecule has 0 saturated heterocycles. The van der Waals surface area contributed by atoms with E-state index in [1.54, 1.807) is 23.4 Å². The second-order valence-corrected chi connectivity index (χ2v) is 12.9. The Bertz CT molecular complexity index is 1400. The summed E-state index contributed by atoms with van der Waals surface area (Å²) >= 11 is 0. The lowest BCUT2D eigenvalue weighted by molar-refractivity contribution is -0.147. The lowest BCUT2D eigenvalue weighted by atomic mass is 9.69. The number of aryl methyl sites for hydroxylation is 3. The van der Waals surface area contributed by atoms with E-state index in [2.05, 4.69) is 30.2 Å². The molecular weight excluding hydrogens is 502 g/mol. The van der Waals surface area contributed by atoms with Crippen LogP contribution in [0.2, 0.25) is 0 Å². The van der Waals surface area contributed by atoms with Gasteiger partial charge in [-0.15, -0.1) is 5.10 Å². The molecular formula is C32H45N5O3. The monoisotopic (exact) mass is 547 g/mol. The van der Waals surface area contributed by atoms with Gasteiger partial charge in [0, 0.05) is 26.1 Å². The standard InChI is InChI=1S/C32H45N5O3/c1-8-22-13-15-32(6,16-14-22)19-37(30(33)40)18-24-17-23(10-9-20(24)2)27(31(4,5)29(38)39)25-11-12-26-28(21(25)3)34-35-36(26)7/h9-12,17,22,27H,8,13-16,18-19H2,1-7H3,(H2,33,40)(H,38,39). The maximum atomic E-state index is 12.7. The first-order valence-electron chi connectivity index (χ1n) is 14.4. The minimum absolute atomic E-state index is 0.0449. The van der Waals surface area contributed by atoms with Crippen LogP contribution in [-0.4, -0.2) is 43.5 Å². The van der Waals surface area contributed by atoms with Crippen LogP contribution in [0.15, 0.2) is 30.3 Å². The molecule has 216 valence electrons. The van der Waals surface area contributed by atoms with E-state index in [9.17, 15) is 14.7 Å². The summed E-state index contributed by atoms with van der Waals surface area (Å²) in [6.07, 6.45) is 5.77. The third-order valence-corrected chi connectivity index (χ3v) is 9.50. The Hall–Kier alpha value is -3.42. The topological polar surface area (TPSA) is 114 Å². The van der Waals surface area contributed by atoms with Gasteiger partial charge in [-0.25, -0.2) is 9.48 Å². The molecule has 0 spiro atoms. The van der Waals surface area contributed by atoms with E-state index in [1.807, 2.05) is 45.2 Å². The van der Waals surface area contributed by atoms with Crippen molar-refractivity contribution in [3.8, 4) is 0 Å². The number of aliphatic carboxylic acids is 1. The molecule has 1 aliphatic carbocycles. The van der Waals surface area contributed by atoms with Gasteiger partial charge in [-0.3, -0.25) is 4.79 Å². The first kappa shape index (κ1) is 29.6. The Labute approximate surface area is 237 Å². The van der Waals surface area contributed by atoms with Crippen LogP contribution in [0.3, 0.4) is 0 Å². The number of fused-ring (bicyclic) bond motifs is 1. The molecule has 2 aromatic carbocycles. The van der Waals surface area contributed by atoms with Crippen molar-refractivity contribution >= 4 is 23.0 Å². The number of amides is 2. The van der Waals surface area contributed by atoms with Gasteiger partial charge in [-0.1, -0.05) is 49.7 Å². The first-order chi connectivity index (χ1) is 18.8. The Balaban J connectivity index is 1.72. The van der Waals surface area contributed by atoms with Crippen LogP contribution in [0, 0.1) is 30.6 Å². The highest BCUT2D eigenvalue weighted by Gasteiger charge is 2.40. The number of carboxylic acid groups (broad SMARTS) is 1. The smallest absolute Gasteiger partial charge is 0.315 e. The van der Waals surface area contributed by atoms with E-state index in [-0.39, 0.29) is 5.41 Å². The molecule has 1 saturated carbocycles. The summed E-state index contributed by atoms with van der Waals surface area (Å²) in [6.45, 7) is 13.1. The van der Waals surface area contributed by atoms with Crippen LogP contribution in [0.5, 0.6) is 0 Å². The van der Waals surface area contributed by atoms with Crippen molar-refractivity contribution in [3.05, 3.63) is 58.1 Å². The highest BCUT2D eigenvalue weighted by Crippen LogP contribution is 2.44. The Morgan fingerprint density at radius 2 is 1.88 bits per heavy atom. The average Bonchev–Trinajstić information content (AvgIpc) is 3.28. The molecule has 1 atom stereocenters. The lowest BCUT2D eigenvalue weighted by Gasteiger charge is -2.40. The van der Waals surface area contributed by atoms with Crippen LogP contribution in [-0.2, 0) is 18.4 Å². The summed E-state index contributed by atoms with van der Waals surface area (Å²) in [5.74, 6) is -0.555. The van der Waals surface area contributed by atoms with Crippen LogP contribution >= 0.6 is 0 Å². The second-order valence-electron chi connectivity index (χ2n) is 12.9. The number of urea groups is 1.